The Kier molecular flexibility index (Phi) is 2.92. The van der Waals surface area contributed by atoms with Crippen molar-refractivity contribution in [3.63, 3.8) is 0 Å². The predicted octanol–water partition coefficient (Wildman–Crippen LogP) is 3.11. The second kappa shape index (κ2) is 4.22. The summed E-state index contributed by atoms with van der Waals surface area (Å²) in [6.07, 6.45) is 1.68. The SMILES string of the molecule is Cc1cccc(-c2ncc(Br)c(N)n2)c1C. The Morgan fingerprint density at radius 1 is 1.25 bits per heavy atom. The van der Waals surface area contributed by atoms with Crippen molar-refractivity contribution in [2.75, 3.05) is 5.73 Å². The van der Waals surface area contributed by atoms with Crippen LogP contribution in [-0.4, -0.2) is 9.97 Å². The summed E-state index contributed by atoms with van der Waals surface area (Å²) in [4.78, 5) is 8.54. The van der Waals surface area contributed by atoms with Crippen LogP contribution < -0.4 is 5.73 Å². The van der Waals surface area contributed by atoms with Crippen LogP contribution in [0.5, 0.6) is 0 Å². The summed E-state index contributed by atoms with van der Waals surface area (Å²) >= 11 is 3.28. The van der Waals surface area contributed by atoms with Crippen LogP contribution in [-0.2, 0) is 0 Å². The van der Waals surface area contributed by atoms with Gasteiger partial charge in [0.15, 0.2) is 5.82 Å². The number of nitrogens with zero attached hydrogens (tertiary/aromatic N) is 2. The third kappa shape index (κ3) is 1.93. The number of nitrogens with two attached hydrogens (primary N) is 1. The minimum atomic E-state index is 0.464. The molecule has 0 saturated carbocycles. The van der Waals surface area contributed by atoms with E-state index in [0.717, 1.165) is 10.0 Å². The van der Waals surface area contributed by atoms with Crippen molar-refractivity contribution in [3.05, 3.63) is 40.0 Å². The lowest BCUT2D eigenvalue weighted by Gasteiger charge is -2.07. The maximum Gasteiger partial charge on any atom is 0.161 e. The summed E-state index contributed by atoms with van der Waals surface area (Å²) in [6.45, 7) is 4.13. The monoisotopic (exact) mass is 277 g/mol. The third-order valence-electron chi connectivity index (χ3n) is 2.62. The second-order valence-corrected chi connectivity index (χ2v) is 4.53. The number of hydrogen-bond acceptors (Lipinski definition) is 3. The van der Waals surface area contributed by atoms with E-state index in [-0.39, 0.29) is 0 Å². The Morgan fingerprint density at radius 2 is 2.00 bits per heavy atom. The highest BCUT2D eigenvalue weighted by Gasteiger charge is 2.08. The van der Waals surface area contributed by atoms with Crippen LogP contribution in [0.15, 0.2) is 28.9 Å². The average molecular weight is 278 g/mol. The van der Waals surface area contributed by atoms with E-state index < -0.39 is 0 Å². The molecule has 0 atom stereocenters. The smallest absolute Gasteiger partial charge is 0.161 e. The first-order chi connectivity index (χ1) is 7.59. The van der Waals surface area contributed by atoms with Gasteiger partial charge in [-0.15, -0.1) is 0 Å². The number of nitrogen functional groups attached to an aromatic ring is 1. The fourth-order valence-electron chi connectivity index (χ4n) is 1.50. The molecule has 2 aromatic rings. The zero-order valence-electron chi connectivity index (χ0n) is 9.16. The van der Waals surface area contributed by atoms with Gasteiger partial charge in [-0.25, -0.2) is 9.97 Å². The van der Waals surface area contributed by atoms with E-state index in [1.807, 2.05) is 12.1 Å². The van der Waals surface area contributed by atoms with Crippen LogP contribution in [0.2, 0.25) is 0 Å². The highest BCUT2D eigenvalue weighted by molar-refractivity contribution is 9.10. The van der Waals surface area contributed by atoms with Crippen molar-refractivity contribution in [1.29, 1.82) is 0 Å². The molecule has 0 saturated heterocycles. The fourth-order valence-corrected chi connectivity index (χ4v) is 1.69. The van der Waals surface area contributed by atoms with Crippen molar-refractivity contribution < 1.29 is 0 Å². The molecule has 16 heavy (non-hydrogen) atoms. The van der Waals surface area contributed by atoms with Crippen LogP contribution in [0, 0.1) is 13.8 Å². The van der Waals surface area contributed by atoms with Crippen LogP contribution in [0.1, 0.15) is 11.1 Å². The van der Waals surface area contributed by atoms with Gasteiger partial charge in [0.2, 0.25) is 0 Å². The predicted molar refractivity (Wildman–Crippen MR) is 69.1 cm³/mol. The number of aryl methyl sites for hydroxylation is 1. The first-order valence-corrected chi connectivity index (χ1v) is 5.73. The van der Waals surface area contributed by atoms with E-state index in [9.17, 15) is 0 Å². The van der Waals surface area contributed by atoms with Gasteiger partial charge in [0.05, 0.1) is 4.47 Å². The van der Waals surface area contributed by atoms with Gasteiger partial charge in [-0.1, -0.05) is 18.2 Å². The number of benzene rings is 1. The average Bonchev–Trinajstić information content (AvgIpc) is 2.26. The Balaban J connectivity index is 2.59. The molecule has 4 heteroatoms. The molecule has 0 radical (unpaired) electrons. The lowest BCUT2D eigenvalue weighted by atomic mass is 10.0. The molecular weight excluding hydrogens is 266 g/mol. The van der Waals surface area contributed by atoms with Crippen LogP contribution >= 0.6 is 15.9 Å². The molecule has 2 rings (SSSR count). The van der Waals surface area contributed by atoms with Crippen LogP contribution in [0.25, 0.3) is 11.4 Å². The maximum atomic E-state index is 5.75. The number of anilines is 1. The molecule has 0 aliphatic rings. The van der Waals surface area contributed by atoms with Crippen molar-refractivity contribution in [3.8, 4) is 11.4 Å². The van der Waals surface area contributed by atoms with Crippen LogP contribution in [0.4, 0.5) is 5.82 Å². The van der Waals surface area contributed by atoms with E-state index in [0.29, 0.717) is 11.6 Å². The Hall–Kier alpha value is -1.42. The first-order valence-electron chi connectivity index (χ1n) is 4.94. The number of aromatic nitrogens is 2. The van der Waals surface area contributed by atoms with Crippen molar-refractivity contribution in [2.24, 2.45) is 0 Å². The van der Waals surface area contributed by atoms with Gasteiger partial charge in [-0.3, -0.25) is 0 Å². The molecule has 0 amide bonds. The lowest BCUT2D eigenvalue weighted by molar-refractivity contribution is 1.16. The third-order valence-corrected chi connectivity index (χ3v) is 3.23. The molecule has 2 N–H and O–H groups in total. The Labute approximate surface area is 103 Å². The summed E-state index contributed by atoms with van der Waals surface area (Å²) in [5.41, 5.74) is 9.18. The molecule has 1 aromatic heterocycles. The van der Waals surface area contributed by atoms with E-state index in [1.54, 1.807) is 6.20 Å². The fraction of sp³-hybridized carbons (Fsp3) is 0.167. The van der Waals surface area contributed by atoms with Gasteiger partial charge in [-0.05, 0) is 40.9 Å². The summed E-state index contributed by atoms with van der Waals surface area (Å²) in [5.74, 6) is 1.13. The molecule has 3 nitrogen and oxygen atoms in total. The molecule has 0 aliphatic heterocycles. The summed E-state index contributed by atoms with van der Waals surface area (Å²) in [6, 6.07) is 6.07. The van der Waals surface area contributed by atoms with Gasteiger partial charge < -0.3 is 5.73 Å². The van der Waals surface area contributed by atoms with Gasteiger partial charge >= 0.3 is 0 Å². The van der Waals surface area contributed by atoms with Gasteiger partial charge in [0, 0.05) is 11.8 Å². The second-order valence-electron chi connectivity index (χ2n) is 3.67. The molecular formula is C12H12BrN3. The largest absolute Gasteiger partial charge is 0.383 e. The molecule has 0 aliphatic carbocycles. The van der Waals surface area contributed by atoms with E-state index in [2.05, 4.69) is 45.8 Å². The zero-order valence-corrected chi connectivity index (χ0v) is 10.7. The number of hydrogen-bond donors (Lipinski definition) is 1. The maximum absolute atomic E-state index is 5.75. The molecule has 82 valence electrons. The van der Waals surface area contributed by atoms with Crippen LogP contribution in [0.3, 0.4) is 0 Å². The zero-order chi connectivity index (χ0) is 11.7. The standard InChI is InChI=1S/C12H12BrN3/c1-7-4-3-5-9(8(7)2)12-15-6-10(13)11(14)16-12/h3-6H,1-2H3,(H2,14,15,16). The number of rotatable bonds is 1. The molecule has 0 spiro atoms. The molecule has 0 bridgehead atoms. The van der Waals surface area contributed by atoms with Gasteiger partial charge in [-0.2, -0.15) is 0 Å². The summed E-state index contributed by atoms with van der Waals surface area (Å²) in [7, 11) is 0. The topological polar surface area (TPSA) is 51.8 Å². The van der Waals surface area contributed by atoms with E-state index in [1.165, 1.54) is 11.1 Å². The normalized spacial score (nSPS) is 10.4. The summed E-state index contributed by atoms with van der Waals surface area (Å²) < 4.78 is 0.724. The lowest BCUT2D eigenvalue weighted by Crippen LogP contribution is -1.98. The van der Waals surface area contributed by atoms with Crippen molar-refractivity contribution in [1.82, 2.24) is 9.97 Å². The van der Waals surface area contributed by atoms with Gasteiger partial charge in [0.25, 0.3) is 0 Å². The quantitative estimate of drug-likeness (QED) is 0.872. The van der Waals surface area contributed by atoms with Crippen molar-refractivity contribution in [2.45, 2.75) is 13.8 Å². The van der Waals surface area contributed by atoms with Gasteiger partial charge in [0.1, 0.15) is 5.82 Å². The van der Waals surface area contributed by atoms with E-state index >= 15 is 0 Å². The Bertz CT molecular complexity index is 538. The molecule has 1 heterocycles. The number of halogens is 1. The minimum absolute atomic E-state index is 0.464. The minimum Gasteiger partial charge on any atom is -0.383 e. The first kappa shape index (κ1) is 11.1. The Morgan fingerprint density at radius 3 is 2.69 bits per heavy atom. The summed E-state index contributed by atoms with van der Waals surface area (Å²) in [5, 5.41) is 0. The van der Waals surface area contributed by atoms with E-state index in [4.69, 9.17) is 5.73 Å². The highest BCUT2D eigenvalue weighted by Crippen LogP contribution is 2.24. The highest BCUT2D eigenvalue weighted by atomic mass is 79.9. The molecule has 1 aromatic carbocycles. The molecule has 0 fully saturated rings. The van der Waals surface area contributed by atoms with Crippen molar-refractivity contribution >= 4 is 21.7 Å². The molecule has 0 unspecified atom stereocenters.